The van der Waals surface area contributed by atoms with E-state index in [9.17, 15) is 4.79 Å². The summed E-state index contributed by atoms with van der Waals surface area (Å²) in [5.41, 5.74) is 6.16. The van der Waals surface area contributed by atoms with E-state index in [1.807, 2.05) is 4.90 Å². The highest BCUT2D eigenvalue weighted by Crippen LogP contribution is 2.19. The van der Waals surface area contributed by atoms with Crippen LogP contribution in [0.5, 0.6) is 0 Å². The SMILES string of the molecule is CC(C)N1CCN(C(=O)C(N)C2CCOCC2)CC1.Cl.Cl. The summed E-state index contributed by atoms with van der Waals surface area (Å²) in [6.07, 6.45) is 1.83. The van der Waals surface area contributed by atoms with E-state index in [2.05, 4.69) is 18.7 Å². The van der Waals surface area contributed by atoms with Gasteiger partial charge < -0.3 is 15.4 Å². The molecule has 0 saturated carbocycles. The van der Waals surface area contributed by atoms with Crippen LogP contribution in [-0.2, 0) is 9.53 Å². The lowest BCUT2D eigenvalue weighted by Crippen LogP contribution is -2.56. The fraction of sp³-hybridized carbons (Fsp3) is 0.929. The van der Waals surface area contributed by atoms with Gasteiger partial charge in [0.05, 0.1) is 6.04 Å². The molecule has 21 heavy (non-hydrogen) atoms. The minimum absolute atomic E-state index is 0. The number of hydrogen-bond donors (Lipinski definition) is 1. The first-order valence-electron chi connectivity index (χ1n) is 7.45. The number of halogens is 2. The van der Waals surface area contributed by atoms with E-state index in [4.69, 9.17) is 10.5 Å². The van der Waals surface area contributed by atoms with Crippen LogP contribution >= 0.6 is 24.8 Å². The van der Waals surface area contributed by atoms with E-state index in [1.54, 1.807) is 0 Å². The van der Waals surface area contributed by atoms with Gasteiger partial charge in [-0.1, -0.05) is 0 Å². The maximum absolute atomic E-state index is 12.4. The van der Waals surface area contributed by atoms with Gasteiger partial charge in [0.2, 0.25) is 5.91 Å². The third-order valence-electron chi connectivity index (χ3n) is 4.42. The van der Waals surface area contributed by atoms with Crippen LogP contribution in [-0.4, -0.2) is 67.2 Å². The van der Waals surface area contributed by atoms with Crippen LogP contribution in [0, 0.1) is 5.92 Å². The fourth-order valence-corrected chi connectivity index (χ4v) is 2.95. The molecule has 0 aromatic rings. The molecule has 0 aromatic heterocycles. The molecule has 1 amide bonds. The molecule has 126 valence electrons. The zero-order chi connectivity index (χ0) is 13.8. The Morgan fingerprint density at radius 3 is 2.10 bits per heavy atom. The van der Waals surface area contributed by atoms with Crippen LogP contribution < -0.4 is 5.73 Å². The van der Waals surface area contributed by atoms with Gasteiger partial charge in [0.15, 0.2) is 0 Å². The molecule has 2 N–H and O–H groups in total. The number of carbonyl (C=O) groups is 1. The number of hydrogen-bond acceptors (Lipinski definition) is 4. The molecule has 2 aliphatic rings. The molecule has 0 aliphatic carbocycles. The van der Waals surface area contributed by atoms with E-state index in [0.29, 0.717) is 12.0 Å². The molecule has 0 radical (unpaired) electrons. The minimum Gasteiger partial charge on any atom is -0.381 e. The van der Waals surface area contributed by atoms with E-state index < -0.39 is 0 Å². The predicted molar refractivity (Wildman–Crippen MR) is 89.3 cm³/mol. The van der Waals surface area contributed by atoms with Gasteiger partial charge in [0, 0.05) is 45.4 Å². The van der Waals surface area contributed by atoms with Crippen molar-refractivity contribution in [3.8, 4) is 0 Å². The normalized spacial score (nSPS) is 22.4. The first-order chi connectivity index (χ1) is 9.09. The maximum Gasteiger partial charge on any atom is 0.239 e. The molecule has 2 fully saturated rings. The van der Waals surface area contributed by atoms with Crippen molar-refractivity contribution in [3.05, 3.63) is 0 Å². The van der Waals surface area contributed by atoms with Crippen molar-refractivity contribution in [1.82, 2.24) is 9.80 Å². The molecular formula is C14H29Cl2N3O2. The number of piperazine rings is 1. The molecule has 5 nitrogen and oxygen atoms in total. The largest absolute Gasteiger partial charge is 0.381 e. The molecule has 1 unspecified atom stereocenters. The molecule has 2 saturated heterocycles. The number of nitrogens with two attached hydrogens (primary N) is 1. The summed E-state index contributed by atoms with van der Waals surface area (Å²) in [5.74, 6) is 0.430. The molecule has 0 aromatic carbocycles. The summed E-state index contributed by atoms with van der Waals surface area (Å²) in [5, 5.41) is 0. The van der Waals surface area contributed by atoms with Crippen LogP contribution in [0.1, 0.15) is 26.7 Å². The zero-order valence-corrected chi connectivity index (χ0v) is 14.6. The Kier molecular flexibility index (Phi) is 9.81. The topological polar surface area (TPSA) is 58.8 Å². The molecule has 7 heteroatoms. The maximum atomic E-state index is 12.4. The van der Waals surface area contributed by atoms with Crippen LogP contribution in [0.15, 0.2) is 0 Å². The second-order valence-corrected chi connectivity index (χ2v) is 5.93. The molecular weight excluding hydrogens is 313 g/mol. The molecule has 2 heterocycles. The lowest BCUT2D eigenvalue weighted by atomic mass is 9.91. The highest BCUT2D eigenvalue weighted by molar-refractivity contribution is 5.85. The van der Waals surface area contributed by atoms with Gasteiger partial charge in [-0.3, -0.25) is 9.69 Å². The zero-order valence-electron chi connectivity index (χ0n) is 13.0. The number of rotatable bonds is 3. The van der Waals surface area contributed by atoms with E-state index >= 15 is 0 Å². The van der Waals surface area contributed by atoms with Crippen molar-refractivity contribution in [2.45, 2.75) is 38.8 Å². The fourth-order valence-electron chi connectivity index (χ4n) is 2.95. The van der Waals surface area contributed by atoms with Crippen molar-refractivity contribution < 1.29 is 9.53 Å². The van der Waals surface area contributed by atoms with Gasteiger partial charge in [0.1, 0.15) is 0 Å². The Morgan fingerprint density at radius 1 is 1.10 bits per heavy atom. The lowest BCUT2D eigenvalue weighted by molar-refractivity contribution is -0.136. The molecule has 0 spiro atoms. The molecule has 2 aliphatic heterocycles. The summed E-state index contributed by atoms with van der Waals surface area (Å²) in [7, 11) is 0. The Labute approximate surface area is 140 Å². The smallest absolute Gasteiger partial charge is 0.239 e. The number of carbonyl (C=O) groups excluding carboxylic acids is 1. The average Bonchev–Trinajstić information content (AvgIpc) is 2.46. The minimum atomic E-state index is -0.338. The summed E-state index contributed by atoms with van der Waals surface area (Å²) in [4.78, 5) is 16.8. The predicted octanol–water partition coefficient (Wildman–Crippen LogP) is 1.14. The Balaban J connectivity index is 0.00000200. The number of amides is 1. The van der Waals surface area contributed by atoms with E-state index in [1.165, 1.54) is 0 Å². The van der Waals surface area contributed by atoms with Gasteiger partial charge in [-0.2, -0.15) is 0 Å². The summed E-state index contributed by atoms with van der Waals surface area (Å²) < 4.78 is 5.33. The lowest BCUT2D eigenvalue weighted by Gasteiger charge is -2.39. The van der Waals surface area contributed by atoms with Crippen LogP contribution in [0.25, 0.3) is 0 Å². The Bertz CT molecular complexity index is 305. The highest BCUT2D eigenvalue weighted by atomic mass is 35.5. The first kappa shape index (κ1) is 20.9. The average molecular weight is 342 g/mol. The Hall–Kier alpha value is -0.0700. The monoisotopic (exact) mass is 341 g/mol. The summed E-state index contributed by atoms with van der Waals surface area (Å²) in [6, 6.07) is 0.218. The van der Waals surface area contributed by atoms with Gasteiger partial charge in [0.25, 0.3) is 0 Å². The number of ether oxygens (including phenoxy) is 1. The summed E-state index contributed by atoms with van der Waals surface area (Å²) in [6.45, 7) is 9.44. The van der Waals surface area contributed by atoms with Crippen LogP contribution in [0.3, 0.4) is 0 Å². The van der Waals surface area contributed by atoms with Gasteiger partial charge >= 0.3 is 0 Å². The third-order valence-corrected chi connectivity index (χ3v) is 4.42. The van der Waals surface area contributed by atoms with E-state index in [-0.39, 0.29) is 36.8 Å². The van der Waals surface area contributed by atoms with Crippen molar-refractivity contribution >= 4 is 30.7 Å². The van der Waals surface area contributed by atoms with Crippen molar-refractivity contribution in [1.29, 1.82) is 0 Å². The summed E-state index contributed by atoms with van der Waals surface area (Å²) >= 11 is 0. The molecule has 0 bridgehead atoms. The molecule has 1 atom stereocenters. The van der Waals surface area contributed by atoms with Crippen molar-refractivity contribution in [2.75, 3.05) is 39.4 Å². The third kappa shape index (κ3) is 5.57. The second-order valence-electron chi connectivity index (χ2n) is 5.93. The standard InChI is InChI=1S/C14H27N3O2.2ClH/c1-11(2)16-5-7-17(8-6-16)14(18)13(15)12-3-9-19-10-4-12;;/h11-13H,3-10,15H2,1-2H3;2*1H. The van der Waals surface area contributed by atoms with Crippen LogP contribution in [0.2, 0.25) is 0 Å². The second kappa shape index (κ2) is 9.85. The van der Waals surface area contributed by atoms with Crippen LogP contribution in [0.4, 0.5) is 0 Å². The highest BCUT2D eigenvalue weighted by Gasteiger charge is 2.31. The van der Waals surface area contributed by atoms with Gasteiger partial charge in [-0.15, -0.1) is 24.8 Å². The first-order valence-corrected chi connectivity index (χ1v) is 7.45. The number of nitrogens with zero attached hydrogens (tertiary/aromatic N) is 2. The van der Waals surface area contributed by atoms with Crippen molar-refractivity contribution in [3.63, 3.8) is 0 Å². The Morgan fingerprint density at radius 2 is 1.62 bits per heavy atom. The van der Waals surface area contributed by atoms with Gasteiger partial charge in [-0.05, 0) is 32.6 Å². The van der Waals surface area contributed by atoms with E-state index in [0.717, 1.165) is 52.2 Å². The quantitative estimate of drug-likeness (QED) is 0.836. The molecule has 2 rings (SSSR count). The van der Waals surface area contributed by atoms with Gasteiger partial charge in [-0.25, -0.2) is 0 Å². The van der Waals surface area contributed by atoms with Crippen molar-refractivity contribution in [2.24, 2.45) is 11.7 Å².